The third-order valence-electron chi connectivity index (χ3n) is 2.82. The number of benzene rings is 2. The highest BCUT2D eigenvalue weighted by Gasteiger charge is 2.23. The number of aryl methyl sites for hydroxylation is 1. The average molecular weight is 377 g/mol. The number of hydrogen-bond acceptors (Lipinski definition) is 3. The number of hydrogen-bond donors (Lipinski definition) is 2. The third kappa shape index (κ3) is 3.01. The first-order valence-electron chi connectivity index (χ1n) is 5.75. The van der Waals surface area contributed by atoms with Crippen molar-refractivity contribution in [2.75, 3.05) is 10.5 Å². The van der Waals surface area contributed by atoms with Crippen LogP contribution in [0.2, 0.25) is 0 Å². The van der Waals surface area contributed by atoms with Crippen LogP contribution in [-0.4, -0.2) is 8.42 Å². The van der Waals surface area contributed by atoms with E-state index >= 15 is 0 Å². The van der Waals surface area contributed by atoms with E-state index in [0.29, 0.717) is 4.47 Å². The number of sulfonamides is 1. The molecular formula is C13H11BrF2N2O2S. The van der Waals surface area contributed by atoms with Crippen LogP contribution in [0.5, 0.6) is 0 Å². The van der Waals surface area contributed by atoms with Gasteiger partial charge in [-0.1, -0.05) is 12.1 Å². The Morgan fingerprint density at radius 1 is 1.19 bits per heavy atom. The van der Waals surface area contributed by atoms with Gasteiger partial charge < -0.3 is 5.73 Å². The molecule has 0 aliphatic heterocycles. The second-order valence-electron chi connectivity index (χ2n) is 4.32. The van der Waals surface area contributed by atoms with Crippen molar-refractivity contribution in [2.24, 2.45) is 0 Å². The van der Waals surface area contributed by atoms with E-state index < -0.39 is 32.2 Å². The van der Waals surface area contributed by atoms with E-state index in [0.717, 1.165) is 17.7 Å². The number of halogens is 3. The summed E-state index contributed by atoms with van der Waals surface area (Å²) >= 11 is 3.24. The van der Waals surface area contributed by atoms with Gasteiger partial charge in [0.15, 0.2) is 5.82 Å². The fourth-order valence-corrected chi connectivity index (χ4v) is 3.34. The molecule has 0 unspecified atom stereocenters. The molecule has 0 spiro atoms. The van der Waals surface area contributed by atoms with Crippen molar-refractivity contribution < 1.29 is 17.2 Å². The Bertz CT molecular complexity index is 810. The fourth-order valence-electron chi connectivity index (χ4n) is 1.68. The van der Waals surface area contributed by atoms with E-state index in [-0.39, 0.29) is 5.69 Å². The molecule has 0 amide bonds. The van der Waals surface area contributed by atoms with Crippen molar-refractivity contribution in [1.82, 2.24) is 0 Å². The Hall–Kier alpha value is -1.67. The molecule has 2 aromatic carbocycles. The molecule has 0 radical (unpaired) electrons. The summed E-state index contributed by atoms with van der Waals surface area (Å²) in [7, 11) is -4.22. The van der Waals surface area contributed by atoms with Crippen molar-refractivity contribution in [3.63, 3.8) is 0 Å². The molecule has 0 atom stereocenters. The van der Waals surface area contributed by atoms with Crippen LogP contribution in [0.25, 0.3) is 0 Å². The van der Waals surface area contributed by atoms with Crippen molar-refractivity contribution in [3.05, 3.63) is 52.0 Å². The summed E-state index contributed by atoms with van der Waals surface area (Å²) < 4.78 is 54.1. The van der Waals surface area contributed by atoms with Crippen LogP contribution in [0.4, 0.5) is 20.2 Å². The van der Waals surface area contributed by atoms with E-state index in [1.807, 2.05) is 0 Å². The number of nitrogens with two attached hydrogens (primary N) is 1. The first kappa shape index (κ1) is 15.7. The first-order chi connectivity index (χ1) is 9.74. The highest BCUT2D eigenvalue weighted by molar-refractivity contribution is 9.10. The molecule has 0 fully saturated rings. The second kappa shape index (κ2) is 5.61. The van der Waals surface area contributed by atoms with Gasteiger partial charge in [0.1, 0.15) is 16.4 Å². The summed E-state index contributed by atoms with van der Waals surface area (Å²) in [4.78, 5) is -0.713. The molecule has 0 aromatic heterocycles. The minimum absolute atomic E-state index is 0.247. The molecule has 21 heavy (non-hydrogen) atoms. The summed E-state index contributed by atoms with van der Waals surface area (Å²) in [5, 5.41) is 0. The zero-order valence-electron chi connectivity index (χ0n) is 10.8. The highest BCUT2D eigenvalue weighted by Crippen LogP contribution is 2.29. The van der Waals surface area contributed by atoms with Crippen molar-refractivity contribution in [3.8, 4) is 0 Å². The molecule has 0 aliphatic carbocycles. The molecule has 3 N–H and O–H groups in total. The number of nitrogen functional groups attached to an aromatic ring is 1. The summed E-state index contributed by atoms with van der Waals surface area (Å²) in [6.45, 7) is 1.78. The lowest BCUT2D eigenvalue weighted by atomic mass is 10.2. The summed E-state index contributed by atoms with van der Waals surface area (Å²) in [6.07, 6.45) is 0. The third-order valence-corrected chi connectivity index (χ3v) is 5.25. The van der Waals surface area contributed by atoms with Crippen LogP contribution in [-0.2, 0) is 10.0 Å². The van der Waals surface area contributed by atoms with Crippen molar-refractivity contribution >= 4 is 37.3 Å². The lowest BCUT2D eigenvalue weighted by Gasteiger charge is -2.12. The molecule has 0 bridgehead atoms. The van der Waals surface area contributed by atoms with Crippen LogP contribution < -0.4 is 10.5 Å². The van der Waals surface area contributed by atoms with Gasteiger partial charge in [-0.2, -0.15) is 0 Å². The minimum atomic E-state index is -4.22. The summed E-state index contributed by atoms with van der Waals surface area (Å²) in [5.74, 6) is -2.32. The van der Waals surface area contributed by atoms with Gasteiger partial charge in [0.25, 0.3) is 10.0 Å². The van der Waals surface area contributed by atoms with E-state index in [1.165, 1.54) is 6.07 Å². The molecule has 0 aliphatic rings. The van der Waals surface area contributed by atoms with E-state index in [9.17, 15) is 17.2 Å². The maximum absolute atomic E-state index is 13.8. The van der Waals surface area contributed by atoms with Crippen molar-refractivity contribution in [2.45, 2.75) is 11.8 Å². The zero-order valence-corrected chi connectivity index (χ0v) is 13.2. The summed E-state index contributed by atoms with van der Waals surface area (Å²) in [6, 6.07) is 6.57. The van der Waals surface area contributed by atoms with Crippen LogP contribution >= 0.6 is 15.9 Å². The van der Waals surface area contributed by atoms with Crippen LogP contribution in [0.1, 0.15) is 5.56 Å². The average Bonchev–Trinajstić information content (AvgIpc) is 2.41. The quantitative estimate of drug-likeness (QED) is 0.806. The number of nitrogens with one attached hydrogen (secondary N) is 1. The standard InChI is InChI=1S/C13H11BrF2N2O2S/c1-7-3-2-4-9(11(7)14)18-21(19,20)10-6-5-8(15)13(17)12(10)16/h2-6,18H,17H2,1H3. The fraction of sp³-hybridized carbons (Fsp3) is 0.0769. The zero-order chi connectivity index (χ0) is 15.8. The van der Waals surface area contributed by atoms with Crippen molar-refractivity contribution in [1.29, 1.82) is 0 Å². The molecule has 8 heteroatoms. The lowest BCUT2D eigenvalue weighted by Crippen LogP contribution is -2.16. The van der Waals surface area contributed by atoms with Gasteiger partial charge in [-0.3, -0.25) is 4.72 Å². The van der Waals surface area contributed by atoms with Gasteiger partial charge >= 0.3 is 0 Å². The topological polar surface area (TPSA) is 72.2 Å². The Morgan fingerprint density at radius 3 is 2.52 bits per heavy atom. The smallest absolute Gasteiger partial charge is 0.264 e. The molecule has 2 aromatic rings. The van der Waals surface area contributed by atoms with E-state index in [1.54, 1.807) is 19.1 Å². The molecule has 0 saturated heterocycles. The Labute approximate surface area is 129 Å². The van der Waals surface area contributed by atoms with Gasteiger partial charge in [0.05, 0.1) is 5.69 Å². The van der Waals surface area contributed by atoms with Gasteiger partial charge in [0.2, 0.25) is 0 Å². The van der Waals surface area contributed by atoms with E-state index in [4.69, 9.17) is 5.73 Å². The minimum Gasteiger partial charge on any atom is -0.394 e. The highest BCUT2D eigenvalue weighted by atomic mass is 79.9. The van der Waals surface area contributed by atoms with Gasteiger partial charge in [-0.15, -0.1) is 0 Å². The predicted octanol–water partition coefficient (Wildman–Crippen LogP) is 3.42. The SMILES string of the molecule is Cc1cccc(NS(=O)(=O)c2ccc(F)c(N)c2F)c1Br. The van der Waals surface area contributed by atoms with E-state index in [2.05, 4.69) is 20.7 Å². The lowest BCUT2D eigenvalue weighted by molar-refractivity contribution is 0.557. The van der Waals surface area contributed by atoms with Gasteiger partial charge in [0, 0.05) is 4.47 Å². The monoisotopic (exact) mass is 376 g/mol. The largest absolute Gasteiger partial charge is 0.394 e. The summed E-state index contributed by atoms with van der Waals surface area (Å²) in [5.41, 5.74) is 5.39. The number of rotatable bonds is 3. The maximum Gasteiger partial charge on any atom is 0.264 e. The van der Waals surface area contributed by atoms with Crippen LogP contribution in [0, 0.1) is 18.6 Å². The second-order valence-corrected chi connectivity index (χ2v) is 6.76. The molecule has 2 rings (SSSR count). The Morgan fingerprint density at radius 2 is 1.86 bits per heavy atom. The normalized spacial score (nSPS) is 11.4. The predicted molar refractivity (Wildman–Crippen MR) is 80.5 cm³/mol. The Balaban J connectivity index is 2.49. The first-order valence-corrected chi connectivity index (χ1v) is 8.03. The Kier molecular flexibility index (Phi) is 4.20. The maximum atomic E-state index is 13.8. The van der Waals surface area contributed by atoms with Crippen LogP contribution in [0.15, 0.2) is 39.7 Å². The van der Waals surface area contributed by atoms with Gasteiger partial charge in [-0.25, -0.2) is 17.2 Å². The van der Waals surface area contributed by atoms with Crippen LogP contribution in [0.3, 0.4) is 0 Å². The molecule has 0 saturated carbocycles. The number of anilines is 2. The molecular weight excluding hydrogens is 366 g/mol. The molecule has 4 nitrogen and oxygen atoms in total. The molecule has 0 heterocycles. The van der Waals surface area contributed by atoms with Gasteiger partial charge in [-0.05, 0) is 46.6 Å². The molecule has 112 valence electrons.